The lowest BCUT2D eigenvalue weighted by Crippen LogP contribution is -2.56. The molecule has 1 aromatic carbocycles. The van der Waals surface area contributed by atoms with Crippen LogP contribution in [0.3, 0.4) is 0 Å². The Morgan fingerprint density at radius 2 is 1.89 bits per heavy atom. The Morgan fingerprint density at radius 1 is 1.11 bits per heavy atom. The lowest BCUT2D eigenvalue weighted by molar-refractivity contribution is 0.0637. The zero-order valence-electron chi connectivity index (χ0n) is 17.3. The van der Waals surface area contributed by atoms with Gasteiger partial charge in [-0.05, 0) is 56.8 Å². The minimum absolute atomic E-state index is 0.291. The molecule has 1 N–H and O–H groups in total. The summed E-state index contributed by atoms with van der Waals surface area (Å²) in [6.45, 7) is 9.26. The third kappa shape index (κ3) is 4.17. The summed E-state index contributed by atoms with van der Waals surface area (Å²) in [6.07, 6.45) is 3.18. The number of hydrogen-bond donors (Lipinski definition) is 1. The number of aliphatic hydroxyl groups excluding tert-OH is 1. The van der Waals surface area contributed by atoms with Crippen molar-refractivity contribution in [3.05, 3.63) is 35.9 Å². The number of nitrogens with zero attached hydrogens (tertiary/aromatic N) is 4. The van der Waals surface area contributed by atoms with Crippen LogP contribution in [-0.2, 0) is 0 Å². The largest absolute Gasteiger partial charge is 0.396 e. The molecule has 4 rings (SSSR count). The molecule has 3 heterocycles. The molecule has 2 saturated heterocycles. The highest BCUT2D eigenvalue weighted by Gasteiger charge is 2.34. The molecule has 5 nitrogen and oxygen atoms in total. The molecule has 2 fully saturated rings. The van der Waals surface area contributed by atoms with Crippen LogP contribution in [0.5, 0.6) is 0 Å². The van der Waals surface area contributed by atoms with Crippen LogP contribution in [0.1, 0.15) is 24.8 Å². The SMILES string of the molecule is Cc1cc(N2CC[C@H](N3CCN(C)CC3)[C@H](CCCO)C2)nc2ccccc12. The summed E-state index contributed by atoms with van der Waals surface area (Å²) in [4.78, 5) is 12.6. The topological polar surface area (TPSA) is 42.8 Å². The minimum Gasteiger partial charge on any atom is -0.396 e. The highest BCUT2D eigenvalue weighted by molar-refractivity contribution is 5.83. The molecule has 0 saturated carbocycles. The zero-order chi connectivity index (χ0) is 19.5. The number of pyridine rings is 1. The van der Waals surface area contributed by atoms with Crippen molar-refractivity contribution in [3.63, 3.8) is 0 Å². The molecular weight excluding hydrogens is 348 g/mol. The highest BCUT2D eigenvalue weighted by Crippen LogP contribution is 2.31. The number of fused-ring (bicyclic) bond motifs is 1. The van der Waals surface area contributed by atoms with E-state index in [-0.39, 0.29) is 0 Å². The Hall–Kier alpha value is -1.69. The van der Waals surface area contributed by atoms with Crippen LogP contribution in [0.15, 0.2) is 30.3 Å². The maximum Gasteiger partial charge on any atom is 0.129 e. The molecular formula is C23H34N4O. The maximum absolute atomic E-state index is 9.42. The van der Waals surface area contributed by atoms with Crippen molar-refractivity contribution in [2.45, 2.75) is 32.2 Å². The standard InChI is InChI=1S/C23H34N4O/c1-18-16-23(24-21-8-4-3-7-20(18)21)27-10-9-22(19(17-27)6-5-15-28)26-13-11-25(2)12-14-26/h3-4,7-8,16,19,22,28H,5-6,9-15,17H2,1-2H3/t19-,22+/m1/s1. The van der Waals surface area contributed by atoms with E-state index in [1.165, 1.54) is 43.5 Å². The van der Waals surface area contributed by atoms with Gasteiger partial charge < -0.3 is 14.9 Å². The fourth-order valence-electron chi connectivity index (χ4n) is 4.99. The number of piperidine rings is 1. The second kappa shape index (κ2) is 8.76. The highest BCUT2D eigenvalue weighted by atomic mass is 16.2. The van der Waals surface area contributed by atoms with Crippen molar-refractivity contribution in [2.24, 2.45) is 5.92 Å². The molecule has 0 radical (unpaired) electrons. The summed E-state index contributed by atoms with van der Waals surface area (Å²) in [6, 6.07) is 11.3. The van der Waals surface area contributed by atoms with Crippen molar-refractivity contribution in [1.29, 1.82) is 0 Å². The number of rotatable bonds is 5. The van der Waals surface area contributed by atoms with Gasteiger partial charge in [0.05, 0.1) is 5.52 Å². The average molecular weight is 383 g/mol. The van der Waals surface area contributed by atoms with Crippen LogP contribution in [0.25, 0.3) is 10.9 Å². The molecule has 0 aliphatic carbocycles. The second-order valence-electron chi connectivity index (χ2n) is 8.58. The van der Waals surface area contributed by atoms with Gasteiger partial charge in [-0.15, -0.1) is 0 Å². The number of anilines is 1. The van der Waals surface area contributed by atoms with Crippen LogP contribution >= 0.6 is 0 Å². The van der Waals surface area contributed by atoms with Crippen LogP contribution in [0.4, 0.5) is 5.82 Å². The Balaban J connectivity index is 1.53. The van der Waals surface area contributed by atoms with E-state index in [9.17, 15) is 5.11 Å². The van der Waals surface area contributed by atoms with E-state index in [0.717, 1.165) is 37.3 Å². The van der Waals surface area contributed by atoms with Crippen LogP contribution in [-0.4, -0.2) is 78.9 Å². The van der Waals surface area contributed by atoms with Gasteiger partial charge in [0.1, 0.15) is 5.82 Å². The summed E-state index contributed by atoms with van der Waals surface area (Å²) in [5.74, 6) is 1.71. The van der Waals surface area contributed by atoms with E-state index in [1.54, 1.807) is 0 Å². The Morgan fingerprint density at radius 3 is 2.68 bits per heavy atom. The van der Waals surface area contributed by atoms with Gasteiger partial charge in [-0.3, -0.25) is 4.90 Å². The summed E-state index contributed by atoms with van der Waals surface area (Å²) >= 11 is 0. The summed E-state index contributed by atoms with van der Waals surface area (Å²) < 4.78 is 0. The summed E-state index contributed by atoms with van der Waals surface area (Å²) in [7, 11) is 2.22. The van der Waals surface area contributed by atoms with Gasteiger partial charge in [0, 0.05) is 57.3 Å². The quantitative estimate of drug-likeness (QED) is 0.861. The average Bonchev–Trinajstić information content (AvgIpc) is 2.73. The van der Waals surface area contributed by atoms with Gasteiger partial charge in [0.25, 0.3) is 0 Å². The van der Waals surface area contributed by atoms with E-state index in [0.29, 0.717) is 18.6 Å². The number of aromatic nitrogens is 1. The number of aliphatic hydroxyl groups is 1. The van der Waals surface area contributed by atoms with E-state index in [4.69, 9.17) is 4.98 Å². The van der Waals surface area contributed by atoms with Gasteiger partial charge in [0.15, 0.2) is 0 Å². The molecule has 0 unspecified atom stereocenters. The molecule has 2 atom stereocenters. The molecule has 152 valence electrons. The number of benzene rings is 1. The number of aryl methyl sites for hydroxylation is 1. The van der Waals surface area contributed by atoms with Crippen molar-refractivity contribution in [2.75, 3.05) is 57.8 Å². The van der Waals surface area contributed by atoms with Gasteiger partial charge in [-0.2, -0.15) is 0 Å². The molecule has 2 aromatic rings. The fourth-order valence-corrected chi connectivity index (χ4v) is 4.99. The molecule has 0 amide bonds. The zero-order valence-corrected chi connectivity index (χ0v) is 17.3. The Kier molecular flexibility index (Phi) is 6.14. The molecule has 28 heavy (non-hydrogen) atoms. The minimum atomic E-state index is 0.291. The summed E-state index contributed by atoms with van der Waals surface area (Å²) in [5, 5.41) is 10.7. The van der Waals surface area contributed by atoms with Crippen molar-refractivity contribution in [1.82, 2.24) is 14.8 Å². The predicted octanol–water partition coefficient (Wildman–Crippen LogP) is 2.76. The van der Waals surface area contributed by atoms with Crippen LogP contribution < -0.4 is 4.90 Å². The lowest BCUT2D eigenvalue weighted by atomic mass is 9.86. The molecule has 2 aliphatic heterocycles. The monoisotopic (exact) mass is 382 g/mol. The normalized spacial score (nSPS) is 24.8. The molecule has 1 aromatic heterocycles. The first-order chi connectivity index (χ1) is 13.7. The van der Waals surface area contributed by atoms with Crippen molar-refractivity contribution < 1.29 is 5.11 Å². The molecule has 0 spiro atoms. The van der Waals surface area contributed by atoms with E-state index >= 15 is 0 Å². The predicted molar refractivity (Wildman–Crippen MR) is 116 cm³/mol. The molecule has 5 heteroatoms. The first-order valence-corrected chi connectivity index (χ1v) is 10.8. The van der Waals surface area contributed by atoms with Crippen LogP contribution in [0, 0.1) is 12.8 Å². The van der Waals surface area contributed by atoms with Gasteiger partial charge in [-0.1, -0.05) is 18.2 Å². The number of hydrogen-bond acceptors (Lipinski definition) is 5. The van der Waals surface area contributed by atoms with Gasteiger partial charge >= 0.3 is 0 Å². The second-order valence-corrected chi connectivity index (χ2v) is 8.58. The Labute approximate surface area is 169 Å². The van der Waals surface area contributed by atoms with Crippen molar-refractivity contribution >= 4 is 16.7 Å². The van der Waals surface area contributed by atoms with Gasteiger partial charge in [-0.25, -0.2) is 4.98 Å². The first-order valence-electron chi connectivity index (χ1n) is 10.8. The number of piperazine rings is 1. The molecule has 2 aliphatic rings. The van der Waals surface area contributed by atoms with Gasteiger partial charge in [0.2, 0.25) is 0 Å². The fraction of sp³-hybridized carbons (Fsp3) is 0.609. The van der Waals surface area contributed by atoms with Crippen LogP contribution in [0.2, 0.25) is 0 Å². The third-order valence-corrected chi connectivity index (χ3v) is 6.67. The van der Waals surface area contributed by atoms with Crippen molar-refractivity contribution in [3.8, 4) is 0 Å². The summed E-state index contributed by atoms with van der Waals surface area (Å²) in [5.41, 5.74) is 2.39. The smallest absolute Gasteiger partial charge is 0.129 e. The Bertz CT molecular complexity index is 787. The van der Waals surface area contributed by atoms with E-state index in [2.05, 4.69) is 59.0 Å². The first kappa shape index (κ1) is 19.6. The number of para-hydroxylation sites is 1. The van der Waals surface area contributed by atoms with E-state index < -0.39 is 0 Å². The lowest BCUT2D eigenvalue weighted by Gasteiger charge is -2.47. The maximum atomic E-state index is 9.42. The van der Waals surface area contributed by atoms with E-state index in [1.807, 2.05) is 0 Å². The number of likely N-dealkylation sites (N-methyl/N-ethyl adjacent to an activating group) is 1. The molecule has 0 bridgehead atoms. The third-order valence-electron chi connectivity index (χ3n) is 6.67.